The average Bonchev–Trinajstić information content (AvgIpc) is 3.03. The summed E-state index contributed by atoms with van der Waals surface area (Å²) in [5.74, 6) is 1.40. The van der Waals surface area contributed by atoms with E-state index in [1.165, 1.54) is 7.11 Å². The molecule has 0 bridgehead atoms. The minimum absolute atomic E-state index is 0.179. The summed E-state index contributed by atoms with van der Waals surface area (Å²) < 4.78 is 15.5. The van der Waals surface area contributed by atoms with Gasteiger partial charge in [0.05, 0.1) is 43.6 Å². The molecule has 6 nitrogen and oxygen atoms in total. The van der Waals surface area contributed by atoms with Gasteiger partial charge in [-0.25, -0.2) is 4.98 Å². The van der Waals surface area contributed by atoms with E-state index >= 15 is 0 Å². The highest BCUT2D eigenvalue weighted by Gasteiger charge is 2.18. The number of aromatic nitrogens is 2. The number of ether oxygens (including phenoxy) is 3. The smallest absolute Gasteiger partial charge is 0.213 e. The van der Waals surface area contributed by atoms with E-state index in [1.54, 1.807) is 44.6 Å². The minimum atomic E-state index is -0.179. The summed E-state index contributed by atoms with van der Waals surface area (Å²) in [5, 5.41) is 0. The fraction of sp³-hybridized carbons (Fsp3) is 0.176. The van der Waals surface area contributed by atoms with E-state index < -0.39 is 0 Å². The molecule has 1 aromatic carbocycles. The van der Waals surface area contributed by atoms with E-state index in [0.717, 1.165) is 5.52 Å². The Kier molecular flexibility index (Phi) is 3.89. The highest BCUT2D eigenvalue weighted by atomic mass is 16.5. The Balaban J connectivity index is 2.03. The topological polar surface area (TPSA) is 73.4 Å². The predicted molar refractivity (Wildman–Crippen MR) is 85.6 cm³/mol. The Morgan fingerprint density at radius 2 is 1.83 bits per heavy atom. The molecule has 0 saturated carbocycles. The van der Waals surface area contributed by atoms with Crippen LogP contribution < -0.4 is 14.2 Å². The molecule has 0 amide bonds. The van der Waals surface area contributed by atoms with Gasteiger partial charge in [0, 0.05) is 12.1 Å². The first-order valence-electron chi connectivity index (χ1n) is 6.96. The van der Waals surface area contributed by atoms with E-state index in [2.05, 4.69) is 9.97 Å². The summed E-state index contributed by atoms with van der Waals surface area (Å²) in [6.45, 7) is 0. The molecule has 0 spiro atoms. The normalized spacial score (nSPS) is 10.6. The Morgan fingerprint density at radius 1 is 1.00 bits per heavy atom. The molecule has 2 heterocycles. The maximum Gasteiger partial charge on any atom is 0.213 e. The van der Waals surface area contributed by atoms with Crippen molar-refractivity contribution in [3.05, 3.63) is 47.7 Å². The highest BCUT2D eigenvalue weighted by molar-refractivity contribution is 6.11. The Morgan fingerprint density at radius 3 is 2.52 bits per heavy atom. The Bertz CT molecular complexity index is 870. The van der Waals surface area contributed by atoms with Crippen molar-refractivity contribution in [3.8, 4) is 17.4 Å². The summed E-state index contributed by atoms with van der Waals surface area (Å²) in [4.78, 5) is 20.1. The number of fused-ring (bicyclic) bond motifs is 1. The van der Waals surface area contributed by atoms with Gasteiger partial charge in [0.15, 0.2) is 0 Å². The zero-order valence-electron chi connectivity index (χ0n) is 13.0. The van der Waals surface area contributed by atoms with Gasteiger partial charge in [-0.3, -0.25) is 4.79 Å². The van der Waals surface area contributed by atoms with Gasteiger partial charge in [0.2, 0.25) is 11.7 Å². The maximum absolute atomic E-state index is 12.7. The molecule has 0 atom stereocenters. The van der Waals surface area contributed by atoms with Gasteiger partial charge in [-0.2, -0.15) is 0 Å². The van der Waals surface area contributed by atoms with Crippen LogP contribution in [0.3, 0.4) is 0 Å². The monoisotopic (exact) mass is 312 g/mol. The molecule has 2 aromatic heterocycles. The molecule has 118 valence electrons. The largest absolute Gasteiger partial charge is 0.497 e. The molecule has 0 fully saturated rings. The van der Waals surface area contributed by atoms with Gasteiger partial charge in [0.1, 0.15) is 11.5 Å². The fourth-order valence-corrected chi connectivity index (χ4v) is 2.36. The van der Waals surface area contributed by atoms with Crippen LogP contribution >= 0.6 is 0 Å². The van der Waals surface area contributed by atoms with Crippen LogP contribution in [0, 0.1) is 0 Å². The molecular weight excluding hydrogens is 296 g/mol. The van der Waals surface area contributed by atoms with Crippen LogP contribution in [0.5, 0.6) is 17.4 Å². The van der Waals surface area contributed by atoms with Crippen molar-refractivity contribution in [1.29, 1.82) is 0 Å². The molecule has 3 rings (SSSR count). The zero-order valence-corrected chi connectivity index (χ0v) is 13.0. The van der Waals surface area contributed by atoms with Gasteiger partial charge >= 0.3 is 0 Å². The lowest BCUT2D eigenvalue weighted by Gasteiger charge is -2.08. The van der Waals surface area contributed by atoms with Crippen LogP contribution in [0.15, 0.2) is 36.4 Å². The van der Waals surface area contributed by atoms with Crippen LogP contribution in [0.2, 0.25) is 0 Å². The van der Waals surface area contributed by atoms with E-state index in [1.807, 2.05) is 6.07 Å². The van der Waals surface area contributed by atoms with E-state index in [4.69, 9.17) is 14.2 Å². The van der Waals surface area contributed by atoms with Crippen molar-refractivity contribution in [1.82, 2.24) is 9.97 Å². The molecule has 0 aliphatic rings. The van der Waals surface area contributed by atoms with Crippen molar-refractivity contribution in [2.24, 2.45) is 0 Å². The van der Waals surface area contributed by atoms with Gasteiger partial charge in [-0.1, -0.05) is 0 Å². The van der Waals surface area contributed by atoms with Crippen molar-refractivity contribution in [2.45, 2.75) is 0 Å². The van der Waals surface area contributed by atoms with Crippen LogP contribution in [-0.2, 0) is 0 Å². The summed E-state index contributed by atoms with van der Waals surface area (Å²) in [5.41, 5.74) is 2.32. The van der Waals surface area contributed by atoms with Gasteiger partial charge < -0.3 is 19.2 Å². The third-order valence-corrected chi connectivity index (χ3v) is 3.56. The third-order valence-electron chi connectivity index (χ3n) is 3.56. The van der Waals surface area contributed by atoms with Crippen molar-refractivity contribution < 1.29 is 19.0 Å². The maximum atomic E-state index is 12.7. The van der Waals surface area contributed by atoms with Crippen LogP contribution in [0.25, 0.3) is 11.0 Å². The van der Waals surface area contributed by atoms with Crippen molar-refractivity contribution in [2.75, 3.05) is 21.3 Å². The molecule has 0 radical (unpaired) electrons. The molecule has 23 heavy (non-hydrogen) atoms. The summed E-state index contributed by atoms with van der Waals surface area (Å²) >= 11 is 0. The fourth-order valence-electron chi connectivity index (χ4n) is 2.36. The second kappa shape index (κ2) is 6.00. The number of nitrogens with one attached hydrogen (secondary N) is 1. The number of hydrogen-bond donors (Lipinski definition) is 1. The third kappa shape index (κ3) is 2.70. The van der Waals surface area contributed by atoms with Crippen LogP contribution in [0.4, 0.5) is 0 Å². The van der Waals surface area contributed by atoms with Crippen molar-refractivity contribution >= 4 is 16.8 Å². The summed E-state index contributed by atoms with van der Waals surface area (Å²) in [7, 11) is 4.63. The number of benzene rings is 1. The van der Waals surface area contributed by atoms with E-state index in [0.29, 0.717) is 34.2 Å². The lowest BCUT2D eigenvalue weighted by atomic mass is 10.1. The SMILES string of the molecule is COc1ccc(C(=O)c2cc3nc(OC)ccc3[nH]2)c(OC)c1. The highest BCUT2D eigenvalue weighted by Crippen LogP contribution is 2.27. The van der Waals surface area contributed by atoms with E-state index in [-0.39, 0.29) is 5.78 Å². The molecule has 1 N–H and O–H groups in total. The lowest BCUT2D eigenvalue weighted by Crippen LogP contribution is -2.04. The number of nitrogens with zero attached hydrogens (tertiary/aromatic N) is 1. The van der Waals surface area contributed by atoms with Crippen LogP contribution in [0.1, 0.15) is 16.1 Å². The number of ketones is 1. The second-order valence-electron chi connectivity index (χ2n) is 4.86. The number of H-pyrrole nitrogens is 1. The first-order chi connectivity index (χ1) is 11.2. The molecule has 0 unspecified atom stereocenters. The minimum Gasteiger partial charge on any atom is -0.497 e. The molecule has 0 aliphatic heterocycles. The number of rotatable bonds is 5. The molecular formula is C17H16N2O4. The van der Waals surface area contributed by atoms with Gasteiger partial charge in [-0.15, -0.1) is 0 Å². The van der Waals surface area contributed by atoms with E-state index in [9.17, 15) is 4.79 Å². The number of carbonyl (C=O) groups excluding carboxylic acids is 1. The average molecular weight is 312 g/mol. The zero-order chi connectivity index (χ0) is 16.4. The Hall–Kier alpha value is -3.02. The number of aromatic amines is 1. The number of hydrogen-bond acceptors (Lipinski definition) is 5. The molecule has 3 aromatic rings. The molecule has 0 aliphatic carbocycles. The second-order valence-corrected chi connectivity index (χ2v) is 4.86. The number of methoxy groups -OCH3 is 3. The number of pyridine rings is 1. The van der Waals surface area contributed by atoms with Gasteiger partial charge in [0.25, 0.3) is 0 Å². The standard InChI is InChI=1S/C17H16N2O4/c1-21-10-4-5-11(15(8-10)22-2)17(20)14-9-13-12(18-14)6-7-16(19-13)23-3/h4-9,18H,1-3H3. The predicted octanol–water partition coefficient (Wildman–Crippen LogP) is 2.82. The summed E-state index contributed by atoms with van der Waals surface area (Å²) in [6, 6.07) is 10.3. The summed E-state index contributed by atoms with van der Waals surface area (Å²) in [6.07, 6.45) is 0. The van der Waals surface area contributed by atoms with Crippen LogP contribution in [-0.4, -0.2) is 37.1 Å². The lowest BCUT2D eigenvalue weighted by molar-refractivity contribution is 0.103. The Labute approximate surface area is 133 Å². The first-order valence-corrected chi connectivity index (χ1v) is 6.96. The van der Waals surface area contributed by atoms with Gasteiger partial charge in [-0.05, 0) is 24.3 Å². The molecule has 0 saturated heterocycles. The first kappa shape index (κ1) is 14.9. The quantitative estimate of drug-likeness (QED) is 0.733. The number of carbonyl (C=O) groups is 1. The molecule has 6 heteroatoms. The van der Waals surface area contributed by atoms with Crippen molar-refractivity contribution in [3.63, 3.8) is 0 Å².